The number of hydrogen-bond acceptors (Lipinski definition) is 5. The summed E-state index contributed by atoms with van der Waals surface area (Å²) in [5, 5.41) is 3.36. The molecule has 1 aromatic heterocycles. The second-order valence-corrected chi connectivity index (χ2v) is 6.70. The predicted molar refractivity (Wildman–Crippen MR) is 98.6 cm³/mol. The largest absolute Gasteiger partial charge is 0.493 e. The number of ether oxygens (including phenoxy) is 2. The first-order valence-corrected chi connectivity index (χ1v) is 9.07. The van der Waals surface area contributed by atoms with Crippen LogP contribution in [0.25, 0.3) is 0 Å². The average molecular weight is 353 g/mol. The molecule has 0 saturated carbocycles. The van der Waals surface area contributed by atoms with E-state index in [4.69, 9.17) is 9.47 Å². The Morgan fingerprint density at radius 1 is 1.23 bits per heavy atom. The Morgan fingerprint density at radius 2 is 2.08 bits per heavy atom. The summed E-state index contributed by atoms with van der Waals surface area (Å²) < 4.78 is 11.1. The lowest BCUT2D eigenvalue weighted by atomic mass is 9.97. The van der Waals surface area contributed by atoms with Crippen molar-refractivity contribution in [2.45, 2.75) is 6.42 Å². The Morgan fingerprint density at radius 3 is 2.96 bits per heavy atom. The van der Waals surface area contributed by atoms with Crippen LogP contribution in [0.2, 0.25) is 0 Å². The third kappa shape index (κ3) is 3.80. The van der Waals surface area contributed by atoms with Gasteiger partial charge in [-0.15, -0.1) is 0 Å². The second-order valence-electron chi connectivity index (χ2n) is 6.70. The zero-order valence-electron chi connectivity index (χ0n) is 14.7. The molecule has 1 fully saturated rings. The van der Waals surface area contributed by atoms with Gasteiger partial charge in [-0.2, -0.15) is 0 Å². The lowest BCUT2D eigenvalue weighted by Gasteiger charge is -2.27. The van der Waals surface area contributed by atoms with Crippen LogP contribution in [0.3, 0.4) is 0 Å². The number of amides is 1. The highest BCUT2D eigenvalue weighted by Crippen LogP contribution is 2.26. The molecule has 2 aromatic rings. The van der Waals surface area contributed by atoms with Gasteiger partial charge >= 0.3 is 0 Å². The van der Waals surface area contributed by atoms with Gasteiger partial charge in [0.15, 0.2) is 0 Å². The fourth-order valence-corrected chi connectivity index (χ4v) is 3.38. The van der Waals surface area contributed by atoms with Crippen molar-refractivity contribution in [2.24, 2.45) is 5.92 Å². The number of carbonyl (C=O) groups is 1. The molecule has 0 spiro atoms. The number of carbonyl (C=O) groups excluding carboxylic acids is 1. The van der Waals surface area contributed by atoms with E-state index in [1.165, 1.54) is 5.56 Å². The Labute approximate surface area is 153 Å². The van der Waals surface area contributed by atoms with Crippen LogP contribution in [-0.4, -0.2) is 55.2 Å². The number of nitrogens with zero attached hydrogens (tertiary/aromatic N) is 2. The number of aromatic nitrogens is 1. The van der Waals surface area contributed by atoms with Gasteiger partial charge in [-0.1, -0.05) is 18.2 Å². The molecule has 6 nitrogen and oxygen atoms in total. The molecule has 2 aliphatic heterocycles. The van der Waals surface area contributed by atoms with Crippen LogP contribution in [0.5, 0.6) is 5.75 Å². The van der Waals surface area contributed by atoms with Gasteiger partial charge in [0.25, 0.3) is 5.91 Å². The normalized spacial score (nSPS) is 19.4. The van der Waals surface area contributed by atoms with Crippen molar-refractivity contribution < 1.29 is 14.3 Å². The van der Waals surface area contributed by atoms with Crippen LogP contribution in [0.15, 0.2) is 42.6 Å². The molecule has 6 heteroatoms. The topological polar surface area (TPSA) is 63.7 Å². The first kappa shape index (κ1) is 16.8. The molecule has 1 N–H and O–H groups in total. The third-order valence-corrected chi connectivity index (χ3v) is 4.83. The molecule has 3 heterocycles. The zero-order chi connectivity index (χ0) is 17.8. The summed E-state index contributed by atoms with van der Waals surface area (Å²) in [6.45, 7) is 3.94. The van der Waals surface area contributed by atoms with Gasteiger partial charge < -0.3 is 19.7 Å². The molecule has 0 bridgehead atoms. The van der Waals surface area contributed by atoms with Crippen LogP contribution in [-0.2, 0) is 11.2 Å². The minimum absolute atomic E-state index is 0.0358. The van der Waals surface area contributed by atoms with Crippen molar-refractivity contribution in [3.63, 3.8) is 0 Å². The van der Waals surface area contributed by atoms with E-state index < -0.39 is 0 Å². The summed E-state index contributed by atoms with van der Waals surface area (Å²) in [5.74, 6) is 2.13. The third-order valence-electron chi connectivity index (χ3n) is 4.83. The standard InChI is InChI=1S/C20H23N3O3/c24-20(23-7-9-25-10-8-23)17-5-6-21-19(12-17)22-13-15-11-16-3-1-2-4-18(16)26-14-15/h1-6,12,15H,7-11,13-14H2,(H,21,22). The summed E-state index contributed by atoms with van der Waals surface area (Å²) in [6, 6.07) is 11.8. The van der Waals surface area contributed by atoms with Gasteiger partial charge in [0.05, 0.1) is 19.8 Å². The summed E-state index contributed by atoms with van der Waals surface area (Å²) in [4.78, 5) is 18.8. The highest BCUT2D eigenvalue weighted by Gasteiger charge is 2.21. The van der Waals surface area contributed by atoms with Crippen LogP contribution in [0, 0.1) is 5.92 Å². The van der Waals surface area contributed by atoms with E-state index in [2.05, 4.69) is 16.4 Å². The monoisotopic (exact) mass is 353 g/mol. The van der Waals surface area contributed by atoms with Crippen molar-refractivity contribution in [1.29, 1.82) is 0 Å². The number of nitrogens with one attached hydrogen (secondary N) is 1. The van der Waals surface area contributed by atoms with Crippen LogP contribution < -0.4 is 10.1 Å². The Kier molecular flexibility index (Phi) is 5.02. The maximum absolute atomic E-state index is 12.6. The first-order chi connectivity index (χ1) is 12.8. The van der Waals surface area contributed by atoms with Crippen molar-refractivity contribution in [3.8, 4) is 5.75 Å². The number of anilines is 1. The van der Waals surface area contributed by atoms with Gasteiger partial charge in [0.1, 0.15) is 11.6 Å². The highest BCUT2D eigenvalue weighted by molar-refractivity contribution is 5.94. The molecule has 136 valence electrons. The number of fused-ring (bicyclic) bond motifs is 1. The minimum Gasteiger partial charge on any atom is -0.493 e. The summed E-state index contributed by atoms with van der Waals surface area (Å²) >= 11 is 0. The van der Waals surface area contributed by atoms with E-state index in [1.807, 2.05) is 29.2 Å². The van der Waals surface area contributed by atoms with E-state index in [0.29, 0.717) is 44.4 Å². The molecule has 1 saturated heterocycles. The number of rotatable bonds is 4. The van der Waals surface area contributed by atoms with E-state index in [9.17, 15) is 4.79 Å². The summed E-state index contributed by atoms with van der Waals surface area (Å²) in [5.41, 5.74) is 1.91. The van der Waals surface area contributed by atoms with E-state index in [-0.39, 0.29) is 5.91 Å². The van der Waals surface area contributed by atoms with E-state index in [1.54, 1.807) is 12.3 Å². The van der Waals surface area contributed by atoms with E-state index in [0.717, 1.165) is 24.5 Å². The van der Waals surface area contributed by atoms with Crippen molar-refractivity contribution >= 4 is 11.7 Å². The molecule has 2 aliphatic rings. The summed E-state index contributed by atoms with van der Waals surface area (Å²) in [7, 11) is 0. The molecule has 1 atom stereocenters. The van der Waals surface area contributed by atoms with Crippen LogP contribution >= 0.6 is 0 Å². The fourth-order valence-electron chi connectivity index (χ4n) is 3.38. The second kappa shape index (κ2) is 7.74. The number of para-hydroxylation sites is 1. The van der Waals surface area contributed by atoms with E-state index >= 15 is 0 Å². The van der Waals surface area contributed by atoms with Crippen molar-refractivity contribution in [3.05, 3.63) is 53.7 Å². The summed E-state index contributed by atoms with van der Waals surface area (Å²) in [6.07, 6.45) is 2.66. The van der Waals surface area contributed by atoms with Gasteiger partial charge in [0, 0.05) is 37.3 Å². The Balaban J connectivity index is 1.36. The molecule has 4 rings (SSSR count). The van der Waals surface area contributed by atoms with Crippen molar-refractivity contribution in [2.75, 3.05) is 44.8 Å². The molecule has 1 aromatic carbocycles. The molecular formula is C20H23N3O3. The molecular weight excluding hydrogens is 330 g/mol. The molecule has 1 unspecified atom stereocenters. The maximum atomic E-state index is 12.6. The van der Waals surface area contributed by atoms with Crippen LogP contribution in [0.1, 0.15) is 15.9 Å². The lowest BCUT2D eigenvalue weighted by Crippen LogP contribution is -2.40. The Bertz CT molecular complexity index is 774. The molecule has 1 amide bonds. The van der Waals surface area contributed by atoms with Crippen molar-refractivity contribution in [1.82, 2.24) is 9.88 Å². The Hall–Kier alpha value is -2.60. The lowest BCUT2D eigenvalue weighted by molar-refractivity contribution is 0.0303. The molecule has 0 aliphatic carbocycles. The average Bonchev–Trinajstić information content (AvgIpc) is 2.72. The number of morpholine rings is 1. The van der Waals surface area contributed by atoms with Gasteiger partial charge in [-0.05, 0) is 30.2 Å². The fraction of sp³-hybridized carbons (Fsp3) is 0.400. The SMILES string of the molecule is O=C(c1ccnc(NCC2COc3ccccc3C2)c1)N1CCOCC1. The van der Waals surface area contributed by atoms with Gasteiger partial charge in [-0.25, -0.2) is 4.98 Å². The molecule has 0 radical (unpaired) electrons. The highest BCUT2D eigenvalue weighted by atomic mass is 16.5. The van der Waals surface area contributed by atoms with Gasteiger partial charge in [-0.3, -0.25) is 4.79 Å². The number of benzene rings is 1. The maximum Gasteiger partial charge on any atom is 0.254 e. The zero-order valence-corrected chi connectivity index (χ0v) is 14.7. The number of hydrogen-bond donors (Lipinski definition) is 1. The smallest absolute Gasteiger partial charge is 0.254 e. The quantitative estimate of drug-likeness (QED) is 0.913. The number of pyridine rings is 1. The molecule has 26 heavy (non-hydrogen) atoms. The van der Waals surface area contributed by atoms with Gasteiger partial charge in [0.2, 0.25) is 0 Å². The minimum atomic E-state index is 0.0358. The first-order valence-electron chi connectivity index (χ1n) is 9.07. The van der Waals surface area contributed by atoms with Crippen LogP contribution in [0.4, 0.5) is 5.82 Å². The predicted octanol–water partition coefficient (Wildman–Crippen LogP) is 2.22.